The van der Waals surface area contributed by atoms with E-state index in [1.807, 2.05) is 0 Å². The fraction of sp³-hybridized carbons (Fsp3) is 0.600. The van der Waals surface area contributed by atoms with Crippen molar-refractivity contribution >= 4 is 17.8 Å². The number of nitrogens with one attached hydrogen (secondary N) is 2. The van der Waals surface area contributed by atoms with Crippen LogP contribution in [0.2, 0.25) is 0 Å². The number of nitrogens with zero attached hydrogens (tertiary/aromatic N) is 5. The molecule has 2 fully saturated rings. The minimum Gasteiger partial charge on any atom is -0.338 e. The van der Waals surface area contributed by atoms with Crippen LogP contribution < -0.4 is 10.6 Å². The third kappa shape index (κ3) is 2.08. The smallest absolute Gasteiger partial charge is 0.322 e. The highest BCUT2D eigenvalue weighted by Crippen LogP contribution is 2.24. The Morgan fingerprint density at radius 1 is 1.45 bits per heavy atom. The van der Waals surface area contributed by atoms with Crippen LogP contribution in [0.1, 0.15) is 12.8 Å². The number of piperidine rings is 1. The summed E-state index contributed by atoms with van der Waals surface area (Å²) in [5.74, 6) is -0.562. The number of carbonyl (C=O) groups is 3. The van der Waals surface area contributed by atoms with Crippen molar-refractivity contribution in [1.29, 1.82) is 0 Å². The van der Waals surface area contributed by atoms with Gasteiger partial charge in [-0.05, 0) is 23.3 Å². The SMILES string of the molecule is O=C1NC(=O)C2(CCCN(C(=O)Cn3cnnn3)C2)N1. The Balaban J connectivity index is 1.70. The van der Waals surface area contributed by atoms with Gasteiger partial charge in [-0.25, -0.2) is 9.48 Å². The fourth-order valence-corrected chi connectivity index (χ4v) is 2.58. The van der Waals surface area contributed by atoms with Crippen LogP contribution in [-0.2, 0) is 16.1 Å². The van der Waals surface area contributed by atoms with E-state index in [1.165, 1.54) is 11.0 Å². The molecular weight excluding hydrogens is 266 g/mol. The minimum atomic E-state index is -0.994. The second-order valence-corrected chi connectivity index (χ2v) is 4.92. The van der Waals surface area contributed by atoms with E-state index in [4.69, 9.17) is 0 Å². The monoisotopic (exact) mass is 279 g/mol. The third-order valence-electron chi connectivity index (χ3n) is 3.55. The molecule has 10 heteroatoms. The summed E-state index contributed by atoms with van der Waals surface area (Å²) in [7, 11) is 0. The highest BCUT2D eigenvalue weighted by Gasteiger charge is 2.49. The molecule has 2 aliphatic heterocycles. The fourth-order valence-electron chi connectivity index (χ4n) is 2.58. The van der Waals surface area contributed by atoms with Gasteiger partial charge in [0, 0.05) is 6.54 Å². The molecule has 1 spiro atoms. The predicted molar refractivity (Wildman–Crippen MR) is 63.0 cm³/mol. The van der Waals surface area contributed by atoms with Crippen molar-refractivity contribution < 1.29 is 14.4 Å². The molecule has 2 N–H and O–H groups in total. The molecule has 0 saturated carbocycles. The van der Waals surface area contributed by atoms with Gasteiger partial charge in [0.05, 0.1) is 6.54 Å². The van der Waals surface area contributed by atoms with Crippen molar-refractivity contribution in [2.24, 2.45) is 0 Å². The van der Waals surface area contributed by atoms with Gasteiger partial charge in [-0.1, -0.05) is 0 Å². The van der Waals surface area contributed by atoms with Gasteiger partial charge in [0.25, 0.3) is 5.91 Å². The quantitative estimate of drug-likeness (QED) is 0.596. The van der Waals surface area contributed by atoms with E-state index in [2.05, 4.69) is 26.2 Å². The lowest BCUT2D eigenvalue weighted by atomic mass is 9.89. The summed E-state index contributed by atoms with van der Waals surface area (Å²) in [4.78, 5) is 36.9. The first-order chi connectivity index (χ1) is 9.59. The molecule has 1 aromatic rings. The van der Waals surface area contributed by atoms with E-state index in [0.717, 1.165) is 0 Å². The lowest BCUT2D eigenvalue weighted by molar-refractivity contribution is -0.136. The minimum absolute atomic E-state index is 0.0125. The van der Waals surface area contributed by atoms with Crippen molar-refractivity contribution in [2.45, 2.75) is 24.9 Å². The Kier molecular flexibility index (Phi) is 2.84. The van der Waals surface area contributed by atoms with E-state index in [-0.39, 0.29) is 24.9 Å². The molecule has 3 rings (SSSR count). The number of tetrazole rings is 1. The molecule has 1 aromatic heterocycles. The van der Waals surface area contributed by atoms with Gasteiger partial charge >= 0.3 is 6.03 Å². The Hall–Kier alpha value is -2.52. The summed E-state index contributed by atoms with van der Waals surface area (Å²) in [6, 6.07) is -0.509. The highest BCUT2D eigenvalue weighted by atomic mass is 16.2. The van der Waals surface area contributed by atoms with E-state index in [1.54, 1.807) is 4.90 Å². The van der Waals surface area contributed by atoms with Crippen molar-refractivity contribution in [2.75, 3.05) is 13.1 Å². The van der Waals surface area contributed by atoms with Gasteiger partial charge in [-0.2, -0.15) is 0 Å². The van der Waals surface area contributed by atoms with E-state index in [0.29, 0.717) is 19.4 Å². The number of urea groups is 1. The van der Waals surface area contributed by atoms with Gasteiger partial charge in [-0.3, -0.25) is 14.9 Å². The zero-order chi connectivity index (χ0) is 14.2. The van der Waals surface area contributed by atoms with Crippen LogP contribution in [0.3, 0.4) is 0 Å². The maximum absolute atomic E-state index is 12.2. The lowest BCUT2D eigenvalue weighted by Gasteiger charge is -2.37. The Morgan fingerprint density at radius 3 is 2.95 bits per heavy atom. The van der Waals surface area contributed by atoms with Crippen molar-refractivity contribution in [3.63, 3.8) is 0 Å². The molecule has 0 aliphatic carbocycles. The number of aromatic nitrogens is 4. The van der Waals surface area contributed by atoms with Crippen molar-refractivity contribution in [1.82, 2.24) is 35.7 Å². The molecule has 4 amide bonds. The molecule has 2 saturated heterocycles. The van der Waals surface area contributed by atoms with Crippen LogP contribution in [0.25, 0.3) is 0 Å². The van der Waals surface area contributed by atoms with Gasteiger partial charge < -0.3 is 10.2 Å². The van der Waals surface area contributed by atoms with Gasteiger partial charge in [0.15, 0.2) is 0 Å². The standard InChI is InChI=1S/C10H13N7O3/c18-7(4-17-6-11-14-15-17)16-3-1-2-10(5-16)8(19)12-9(20)13-10/h6H,1-5H2,(H2,12,13,19,20). The molecular formula is C10H13N7O3. The van der Waals surface area contributed by atoms with Crippen LogP contribution >= 0.6 is 0 Å². The number of hydrogen-bond donors (Lipinski definition) is 2. The second-order valence-electron chi connectivity index (χ2n) is 4.92. The molecule has 1 unspecified atom stereocenters. The summed E-state index contributed by atoms with van der Waals surface area (Å²) in [5.41, 5.74) is -0.994. The summed E-state index contributed by atoms with van der Waals surface area (Å²) in [5, 5.41) is 15.4. The van der Waals surface area contributed by atoms with Crippen LogP contribution in [0.5, 0.6) is 0 Å². The molecule has 1 atom stereocenters. The normalized spacial score (nSPS) is 25.7. The first-order valence-corrected chi connectivity index (χ1v) is 6.21. The predicted octanol–water partition coefficient (Wildman–Crippen LogP) is -2.13. The van der Waals surface area contributed by atoms with E-state index < -0.39 is 11.6 Å². The van der Waals surface area contributed by atoms with Crippen molar-refractivity contribution in [3.05, 3.63) is 6.33 Å². The second kappa shape index (κ2) is 4.54. The zero-order valence-electron chi connectivity index (χ0n) is 10.6. The topological polar surface area (TPSA) is 122 Å². The first kappa shape index (κ1) is 12.5. The van der Waals surface area contributed by atoms with Crippen LogP contribution in [0, 0.1) is 0 Å². The van der Waals surface area contributed by atoms with E-state index in [9.17, 15) is 14.4 Å². The highest BCUT2D eigenvalue weighted by molar-refractivity contribution is 6.07. The molecule has 3 heterocycles. The summed E-state index contributed by atoms with van der Waals surface area (Å²) >= 11 is 0. The van der Waals surface area contributed by atoms with Gasteiger partial charge in [-0.15, -0.1) is 5.10 Å². The number of carbonyl (C=O) groups excluding carboxylic acids is 3. The average Bonchev–Trinajstić information content (AvgIpc) is 2.99. The van der Waals surface area contributed by atoms with Crippen LogP contribution in [0.15, 0.2) is 6.33 Å². The number of amides is 4. The lowest BCUT2D eigenvalue weighted by Crippen LogP contribution is -2.60. The van der Waals surface area contributed by atoms with E-state index >= 15 is 0 Å². The Labute approximate surface area is 113 Å². The van der Waals surface area contributed by atoms with Gasteiger partial charge in [0.2, 0.25) is 5.91 Å². The zero-order valence-corrected chi connectivity index (χ0v) is 10.6. The number of likely N-dealkylation sites (tertiary alicyclic amines) is 1. The summed E-state index contributed by atoms with van der Waals surface area (Å²) in [6.07, 6.45) is 2.52. The Morgan fingerprint density at radius 2 is 2.30 bits per heavy atom. The largest absolute Gasteiger partial charge is 0.338 e. The summed E-state index contributed by atoms with van der Waals surface area (Å²) < 4.78 is 1.32. The third-order valence-corrected chi connectivity index (χ3v) is 3.55. The van der Waals surface area contributed by atoms with Gasteiger partial charge in [0.1, 0.15) is 18.4 Å². The number of hydrogen-bond acceptors (Lipinski definition) is 6. The molecule has 0 aromatic carbocycles. The number of imide groups is 1. The molecule has 0 bridgehead atoms. The molecule has 20 heavy (non-hydrogen) atoms. The average molecular weight is 279 g/mol. The maximum atomic E-state index is 12.2. The van der Waals surface area contributed by atoms with Crippen LogP contribution in [0.4, 0.5) is 4.79 Å². The molecule has 0 radical (unpaired) electrons. The first-order valence-electron chi connectivity index (χ1n) is 6.21. The summed E-state index contributed by atoms with van der Waals surface area (Å²) in [6.45, 7) is 0.732. The van der Waals surface area contributed by atoms with Crippen molar-refractivity contribution in [3.8, 4) is 0 Å². The Bertz CT molecular complexity index is 557. The number of rotatable bonds is 2. The molecule has 106 valence electrons. The van der Waals surface area contributed by atoms with Crippen LogP contribution in [-0.4, -0.2) is 61.6 Å². The molecule has 10 nitrogen and oxygen atoms in total. The molecule has 2 aliphatic rings. The maximum Gasteiger partial charge on any atom is 0.322 e.